The van der Waals surface area contributed by atoms with Crippen LogP contribution in [-0.2, 0) is 6.54 Å². The zero-order chi connectivity index (χ0) is 27.4. The molecule has 2 heterocycles. The molecule has 17 heteroatoms. The molecule has 3 rings (SSSR count). The van der Waals surface area contributed by atoms with Gasteiger partial charge in [-0.3, -0.25) is 4.79 Å². The van der Waals surface area contributed by atoms with Crippen molar-refractivity contribution in [1.29, 1.82) is 0 Å². The van der Waals surface area contributed by atoms with Crippen LogP contribution in [0.1, 0.15) is 17.3 Å². The number of hydrogen-bond donors (Lipinski definition) is 1. The highest BCUT2D eigenvalue weighted by Crippen LogP contribution is 2.37. The maximum Gasteiger partial charge on any atom is 0.499 e. The van der Waals surface area contributed by atoms with Crippen LogP contribution in [0.15, 0.2) is 49.1 Å². The summed E-state index contributed by atoms with van der Waals surface area (Å²) in [6.45, 7) is 0.543. The molecule has 1 amide bonds. The molecule has 2 aromatic heterocycles. The number of aromatic nitrogens is 4. The molecule has 1 aromatic carbocycles. The standard InChI is InChI=1S/C20H15F8N5O4/c1-2-32-11-33(10-29-32)31-17(34)12-7-15(35-9-18(21,22)23)30-16(8-12)36-13-3-5-14(6-4-13)37-20(27,28)19(24,25)26/h3-8,10-11H,2,9H2,1H3/p+1. The quantitative estimate of drug-likeness (QED) is 0.322. The smallest absolute Gasteiger partial charge is 0.468 e. The number of carbonyl (C=O) groups is 1. The topological polar surface area (TPSA) is 91.4 Å². The van der Waals surface area contributed by atoms with Crippen molar-refractivity contribution in [3.63, 3.8) is 0 Å². The van der Waals surface area contributed by atoms with Gasteiger partial charge in [-0.05, 0) is 31.2 Å². The van der Waals surface area contributed by atoms with Crippen LogP contribution in [0.3, 0.4) is 0 Å². The number of rotatable bonds is 9. The van der Waals surface area contributed by atoms with E-state index < -0.39 is 48.5 Å². The minimum absolute atomic E-state index is 0.187. The molecule has 0 bridgehead atoms. The monoisotopic (exact) mass is 542 g/mol. The first-order valence-electron chi connectivity index (χ1n) is 10.0. The highest BCUT2D eigenvalue weighted by atomic mass is 19.4. The van der Waals surface area contributed by atoms with Crippen molar-refractivity contribution in [3.05, 3.63) is 54.6 Å². The van der Waals surface area contributed by atoms with E-state index in [-0.39, 0.29) is 11.3 Å². The van der Waals surface area contributed by atoms with Gasteiger partial charge >= 0.3 is 18.5 Å². The lowest BCUT2D eigenvalue weighted by Gasteiger charge is -2.20. The summed E-state index contributed by atoms with van der Waals surface area (Å²) in [5.74, 6) is -2.95. The molecule has 200 valence electrons. The molecule has 0 radical (unpaired) electrons. The van der Waals surface area contributed by atoms with Crippen molar-refractivity contribution in [2.45, 2.75) is 31.9 Å². The van der Waals surface area contributed by atoms with E-state index in [2.05, 4.69) is 25.0 Å². The molecule has 3 aromatic rings. The van der Waals surface area contributed by atoms with Gasteiger partial charge in [-0.15, -0.1) is 9.36 Å². The van der Waals surface area contributed by atoms with Gasteiger partial charge in [0.2, 0.25) is 18.1 Å². The third-order valence-corrected chi connectivity index (χ3v) is 4.18. The fourth-order valence-corrected chi connectivity index (χ4v) is 2.52. The number of pyridine rings is 1. The van der Waals surface area contributed by atoms with Crippen molar-refractivity contribution < 1.29 is 58.8 Å². The Morgan fingerprint density at radius 3 is 2.19 bits per heavy atom. The molecule has 0 saturated carbocycles. The highest BCUT2D eigenvalue weighted by Gasteiger charge is 2.61. The summed E-state index contributed by atoms with van der Waals surface area (Å²) in [6.07, 6.45) is -13.4. The Bertz CT molecular complexity index is 1230. The second-order valence-electron chi connectivity index (χ2n) is 7.08. The van der Waals surface area contributed by atoms with Crippen LogP contribution in [0.4, 0.5) is 35.1 Å². The number of aryl methyl sites for hydroxylation is 1. The minimum atomic E-state index is -5.95. The lowest BCUT2D eigenvalue weighted by atomic mass is 10.2. The Hall–Kier alpha value is -4.18. The molecule has 0 aliphatic rings. The largest absolute Gasteiger partial charge is 0.499 e. The Morgan fingerprint density at radius 2 is 1.62 bits per heavy atom. The van der Waals surface area contributed by atoms with E-state index in [9.17, 15) is 39.9 Å². The maximum atomic E-state index is 13.0. The fraction of sp³-hybridized carbons (Fsp3) is 0.300. The molecular formula is C20H16F8N5O4+. The van der Waals surface area contributed by atoms with E-state index in [1.165, 1.54) is 22.0 Å². The van der Waals surface area contributed by atoms with Crippen LogP contribution in [0.2, 0.25) is 0 Å². The Kier molecular flexibility index (Phi) is 7.73. The summed E-state index contributed by atoms with van der Waals surface area (Å²) in [6, 6.07) is 5.27. The van der Waals surface area contributed by atoms with Crippen molar-refractivity contribution in [1.82, 2.24) is 14.8 Å². The molecule has 0 unspecified atom stereocenters. The predicted octanol–water partition coefficient (Wildman–Crippen LogP) is 4.24. The number of amides is 1. The first-order valence-corrected chi connectivity index (χ1v) is 10.0. The van der Waals surface area contributed by atoms with E-state index in [1.807, 2.05) is 0 Å². The molecule has 0 atom stereocenters. The molecule has 37 heavy (non-hydrogen) atoms. The summed E-state index contributed by atoms with van der Waals surface area (Å²) in [7, 11) is 0. The van der Waals surface area contributed by atoms with Gasteiger partial charge in [-0.1, -0.05) is 0 Å². The SMILES string of the molecule is CCn1c[n+](NC(=O)c2cc(OCC(F)(F)F)nc(Oc3ccc(OC(F)(F)C(F)(F)F)cc3)c2)cn1. The fourth-order valence-electron chi connectivity index (χ4n) is 2.52. The first-order chi connectivity index (χ1) is 17.1. The van der Waals surface area contributed by atoms with Crippen molar-refractivity contribution in [3.8, 4) is 23.3 Å². The van der Waals surface area contributed by atoms with Gasteiger partial charge in [0.1, 0.15) is 18.0 Å². The molecular weight excluding hydrogens is 526 g/mol. The second kappa shape index (κ2) is 10.4. The van der Waals surface area contributed by atoms with Gasteiger partial charge in [0.05, 0.1) is 5.56 Å². The predicted molar refractivity (Wildman–Crippen MR) is 106 cm³/mol. The van der Waals surface area contributed by atoms with Gasteiger partial charge in [0, 0.05) is 17.2 Å². The van der Waals surface area contributed by atoms with Gasteiger partial charge in [-0.2, -0.15) is 40.1 Å². The number of carbonyl (C=O) groups excluding carboxylic acids is 1. The van der Waals surface area contributed by atoms with Crippen LogP contribution < -0.4 is 24.3 Å². The third-order valence-electron chi connectivity index (χ3n) is 4.18. The van der Waals surface area contributed by atoms with Crippen LogP contribution in [-0.4, -0.2) is 45.7 Å². The molecule has 0 aliphatic heterocycles. The highest BCUT2D eigenvalue weighted by molar-refractivity contribution is 5.99. The lowest BCUT2D eigenvalue weighted by molar-refractivity contribution is -0.642. The molecule has 9 nitrogen and oxygen atoms in total. The third kappa shape index (κ3) is 7.65. The number of benzene rings is 1. The number of halogens is 8. The van der Waals surface area contributed by atoms with Crippen LogP contribution in [0.25, 0.3) is 0 Å². The Labute approximate surface area is 202 Å². The van der Waals surface area contributed by atoms with E-state index >= 15 is 0 Å². The van der Waals surface area contributed by atoms with Gasteiger partial charge in [0.25, 0.3) is 12.2 Å². The first kappa shape index (κ1) is 27.4. The van der Waals surface area contributed by atoms with Gasteiger partial charge < -0.3 is 14.2 Å². The summed E-state index contributed by atoms with van der Waals surface area (Å²) >= 11 is 0. The van der Waals surface area contributed by atoms with Gasteiger partial charge in [-0.25, -0.2) is 5.43 Å². The lowest BCUT2D eigenvalue weighted by Crippen LogP contribution is -2.46. The number of ether oxygens (including phenoxy) is 3. The average Bonchev–Trinajstić information content (AvgIpc) is 3.25. The van der Waals surface area contributed by atoms with Crippen LogP contribution >= 0.6 is 0 Å². The van der Waals surface area contributed by atoms with E-state index in [0.717, 1.165) is 36.4 Å². The molecule has 1 N–H and O–H groups in total. The summed E-state index contributed by atoms with van der Waals surface area (Å²) in [4.78, 5) is 16.3. The number of nitrogens with one attached hydrogen (secondary N) is 1. The maximum absolute atomic E-state index is 13.0. The number of nitrogens with zero attached hydrogens (tertiary/aromatic N) is 4. The van der Waals surface area contributed by atoms with Crippen molar-refractivity contribution in [2.24, 2.45) is 0 Å². The van der Waals surface area contributed by atoms with E-state index in [1.54, 1.807) is 6.92 Å². The normalized spacial score (nSPS) is 12.2. The molecule has 0 aliphatic carbocycles. The number of alkyl halides is 8. The second-order valence-corrected chi connectivity index (χ2v) is 7.08. The van der Waals surface area contributed by atoms with Gasteiger partial charge in [0.15, 0.2) is 6.61 Å². The Morgan fingerprint density at radius 1 is 1.00 bits per heavy atom. The zero-order valence-electron chi connectivity index (χ0n) is 18.5. The zero-order valence-corrected chi connectivity index (χ0v) is 18.5. The number of hydrogen-bond acceptors (Lipinski definition) is 6. The van der Waals surface area contributed by atoms with Crippen LogP contribution in [0, 0.1) is 0 Å². The van der Waals surface area contributed by atoms with Crippen molar-refractivity contribution >= 4 is 5.91 Å². The average molecular weight is 542 g/mol. The molecule has 0 spiro atoms. The van der Waals surface area contributed by atoms with Crippen molar-refractivity contribution in [2.75, 3.05) is 12.0 Å². The minimum Gasteiger partial charge on any atom is -0.468 e. The molecule has 0 saturated heterocycles. The summed E-state index contributed by atoms with van der Waals surface area (Å²) in [5, 5.41) is 3.93. The summed E-state index contributed by atoms with van der Waals surface area (Å²) < 4.78 is 117. The summed E-state index contributed by atoms with van der Waals surface area (Å²) in [5.41, 5.74) is 2.15. The Balaban J connectivity index is 1.81. The molecule has 0 fully saturated rings. The van der Waals surface area contributed by atoms with E-state index in [4.69, 9.17) is 4.74 Å². The van der Waals surface area contributed by atoms with Crippen LogP contribution in [0.5, 0.6) is 23.3 Å². The van der Waals surface area contributed by atoms with E-state index in [0.29, 0.717) is 6.54 Å².